The van der Waals surface area contributed by atoms with Gasteiger partial charge in [0.05, 0.1) is 23.3 Å². The molecule has 1 N–H and O–H groups in total. The van der Waals surface area contributed by atoms with Crippen LogP contribution in [0.15, 0.2) is 121 Å². The SMILES string of the molecule is Cc1nc(C(=O)O)nc(OCc2cccc(C#N)c2)c1Cc1ccccc1Cl.Cc1nc(C(=O)OC(C)(C)C)nc(Cl)c1Cc1ccccc1Cl.Cc1nc(C(=O)OC(C)(C)C)nc(OCc2cccc(C#N)c2)c1Cc1ccccc1Cl. The topological polar surface area (TPSA) is 233 Å². The maximum Gasteiger partial charge on any atom is 0.377 e. The van der Waals surface area contributed by atoms with Gasteiger partial charge in [-0.15, -0.1) is 0 Å². The number of rotatable bonds is 15. The molecule has 0 unspecified atom stereocenters. The molecule has 20 heteroatoms. The first-order chi connectivity index (χ1) is 39.3. The number of hydrogen-bond donors (Lipinski definition) is 1. The summed E-state index contributed by atoms with van der Waals surface area (Å²) in [4.78, 5) is 61.2. The van der Waals surface area contributed by atoms with Crippen molar-refractivity contribution in [3.8, 4) is 23.9 Å². The molecule has 8 rings (SSSR count). The molecule has 0 amide bonds. The second-order valence-corrected chi connectivity index (χ2v) is 22.1. The number of nitrogens with zero attached hydrogens (tertiary/aromatic N) is 8. The fourth-order valence-electron chi connectivity index (χ4n) is 7.73. The van der Waals surface area contributed by atoms with Crippen molar-refractivity contribution in [1.29, 1.82) is 10.5 Å². The van der Waals surface area contributed by atoms with E-state index in [1.807, 2.05) is 78.9 Å². The van der Waals surface area contributed by atoms with Gasteiger partial charge in [0.15, 0.2) is 0 Å². The average molecular weight is 1200 g/mol. The monoisotopic (exact) mass is 1190 g/mol. The van der Waals surface area contributed by atoms with Crippen molar-refractivity contribution in [2.45, 2.75) is 106 Å². The highest BCUT2D eigenvalue weighted by Crippen LogP contribution is 2.30. The number of ether oxygens (including phenoxy) is 4. The van der Waals surface area contributed by atoms with Crippen LogP contribution in [0.25, 0.3) is 0 Å². The Labute approximate surface area is 502 Å². The van der Waals surface area contributed by atoms with Gasteiger partial charge in [0.1, 0.15) is 29.6 Å². The van der Waals surface area contributed by atoms with Gasteiger partial charge in [-0.25, -0.2) is 34.3 Å². The van der Waals surface area contributed by atoms with E-state index in [0.717, 1.165) is 38.9 Å². The van der Waals surface area contributed by atoms with Crippen LogP contribution in [0.2, 0.25) is 20.2 Å². The van der Waals surface area contributed by atoms with Crippen LogP contribution < -0.4 is 9.47 Å². The molecular formula is C63H58Cl4N8O8. The van der Waals surface area contributed by atoms with E-state index in [9.17, 15) is 19.5 Å². The Hall–Kier alpha value is -8.51. The van der Waals surface area contributed by atoms with Crippen LogP contribution in [0.4, 0.5) is 0 Å². The molecule has 8 aromatic rings. The van der Waals surface area contributed by atoms with Crippen molar-refractivity contribution in [2.75, 3.05) is 0 Å². The van der Waals surface area contributed by atoms with E-state index < -0.39 is 29.1 Å². The van der Waals surface area contributed by atoms with Crippen LogP contribution in [0.3, 0.4) is 0 Å². The van der Waals surface area contributed by atoms with E-state index in [0.29, 0.717) is 68.1 Å². The van der Waals surface area contributed by atoms with Crippen molar-refractivity contribution in [3.63, 3.8) is 0 Å². The number of carbonyl (C=O) groups excluding carboxylic acids is 2. The highest BCUT2D eigenvalue weighted by Gasteiger charge is 2.26. The number of carboxylic acids is 1. The molecule has 426 valence electrons. The van der Waals surface area contributed by atoms with Crippen molar-refractivity contribution >= 4 is 64.3 Å². The largest absolute Gasteiger partial charge is 0.475 e. The summed E-state index contributed by atoms with van der Waals surface area (Å²) in [6.07, 6.45) is 1.34. The number of aryl methyl sites for hydroxylation is 3. The number of carboxylic acid groups (broad SMARTS) is 1. The van der Waals surface area contributed by atoms with Gasteiger partial charge in [-0.2, -0.15) is 20.5 Å². The number of benzene rings is 5. The molecule has 0 bridgehead atoms. The predicted octanol–water partition coefficient (Wildman–Crippen LogP) is 14.3. The summed E-state index contributed by atoms with van der Waals surface area (Å²) in [5.74, 6) is -2.42. The van der Waals surface area contributed by atoms with Crippen molar-refractivity contribution in [2.24, 2.45) is 0 Å². The number of hydrogen-bond acceptors (Lipinski definition) is 15. The predicted molar refractivity (Wildman–Crippen MR) is 316 cm³/mol. The minimum atomic E-state index is -1.23. The third kappa shape index (κ3) is 19.0. The minimum Gasteiger partial charge on any atom is -0.475 e. The Bertz CT molecular complexity index is 3740. The van der Waals surface area contributed by atoms with Crippen molar-refractivity contribution in [3.05, 3.63) is 232 Å². The van der Waals surface area contributed by atoms with Crippen LogP contribution in [-0.4, -0.2) is 64.1 Å². The lowest BCUT2D eigenvalue weighted by Gasteiger charge is -2.20. The third-order valence-corrected chi connectivity index (χ3v) is 13.1. The molecule has 3 aromatic heterocycles. The molecular weight excluding hydrogens is 1140 g/mol. The van der Waals surface area contributed by atoms with E-state index in [1.165, 1.54) is 0 Å². The molecule has 0 aliphatic heterocycles. The maximum absolute atomic E-state index is 12.6. The molecule has 0 saturated heterocycles. The summed E-state index contributed by atoms with van der Waals surface area (Å²) >= 11 is 25.0. The number of aromatic carboxylic acids is 1. The van der Waals surface area contributed by atoms with Gasteiger partial charge in [-0.1, -0.05) is 125 Å². The second-order valence-electron chi connectivity index (χ2n) is 20.5. The number of nitriles is 2. The zero-order chi connectivity index (χ0) is 60.6. The molecule has 0 atom stereocenters. The summed E-state index contributed by atoms with van der Waals surface area (Å²) in [5, 5.41) is 29.5. The van der Waals surface area contributed by atoms with Gasteiger partial charge in [0.25, 0.3) is 0 Å². The van der Waals surface area contributed by atoms with Crippen LogP contribution in [0.5, 0.6) is 11.8 Å². The third-order valence-electron chi connectivity index (χ3n) is 11.7. The lowest BCUT2D eigenvalue weighted by Crippen LogP contribution is -2.25. The first-order valence-corrected chi connectivity index (χ1v) is 27.2. The average Bonchev–Trinajstić information content (AvgIpc) is 3.59. The van der Waals surface area contributed by atoms with Gasteiger partial charge in [-0.05, 0) is 133 Å². The van der Waals surface area contributed by atoms with E-state index in [2.05, 4.69) is 42.0 Å². The zero-order valence-electron chi connectivity index (χ0n) is 47.0. The smallest absolute Gasteiger partial charge is 0.377 e. The number of esters is 2. The fourth-order valence-corrected chi connectivity index (χ4v) is 8.63. The highest BCUT2D eigenvalue weighted by atomic mass is 35.5. The molecule has 83 heavy (non-hydrogen) atoms. The molecule has 0 aliphatic carbocycles. The van der Waals surface area contributed by atoms with Gasteiger partial charge in [0.2, 0.25) is 29.2 Å². The Morgan fingerprint density at radius 3 is 1.19 bits per heavy atom. The maximum atomic E-state index is 12.6. The van der Waals surface area contributed by atoms with E-state index in [-0.39, 0.29) is 47.6 Å². The molecule has 3 heterocycles. The molecule has 0 fully saturated rings. The lowest BCUT2D eigenvalue weighted by atomic mass is 10.0. The molecule has 0 radical (unpaired) electrons. The number of halogens is 4. The Morgan fingerprint density at radius 2 is 0.831 bits per heavy atom. The summed E-state index contributed by atoms with van der Waals surface area (Å²) in [7, 11) is 0. The number of carbonyl (C=O) groups is 3. The van der Waals surface area contributed by atoms with E-state index in [4.69, 9.17) is 75.9 Å². The highest BCUT2D eigenvalue weighted by molar-refractivity contribution is 6.32. The molecule has 0 aliphatic rings. The van der Waals surface area contributed by atoms with E-state index >= 15 is 0 Å². The van der Waals surface area contributed by atoms with Crippen LogP contribution in [-0.2, 0) is 41.9 Å². The van der Waals surface area contributed by atoms with Gasteiger partial charge in [-0.3, -0.25) is 0 Å². The Balaban J connectivity index is 0.000000203. The first kappa shape index (κ1) is 63.7. The van der Waals surface area contributed by atoms with E-state index in [1.54, 1.807) is 105 Å². The molecule has 0 spiro atoms. The normalized spacial score (nSPS) is 10.9. The van der Waals surface area contributed by atoms with Crippen LogP contribution in [0, 0.1) is 43.4 Å². The Kier molecular flexibility index (Phi) is 22.2. The fraction of sp³-hybridized carbons (Fsp3) is 0.254. The molecule has 0 saturated carbocycles. The van der Waals surface area contributed by atoms with Crippen molar-refractivity contribution in [1.82, 2.24) is 29.9 Å². The summed E-state index contributed by atoms with van der Waals surface area (Å²) in [6.45, 7) is 16.3. The number of aromatic nitrogens is 6. The summed E-state index contributed by atoms with van der Waals surface area (Å²) in [5.41, 5.74) is 7.88. The van der Waals surface area contributed by atoms with Crippen LogP contribution >= 0.6 is 46.4 Å². The zero-order valence-corrected chi connectivity index (χ0v) is 50.0. The lowest BCUT2D eigenvalue weighted by molar-refractivity contribution is 0.00425. The minimum absolute atomic E-state index is 0.0367. The summed E-state index contributed by atoms with van der Waals surface area (Å²) in [6, 6.07) is 40.7. The van der Waals surface area contributed by atoms with Gasteiger partial charge in [0, 0.05) is 68.1 Å². The molecule has 5 aromatic carbocycles. The van der Waals surface area contributed by atoms with Gasteiger partial charge >= 0.3 is 17.9 Å². The molecule has 16 nitrogen and oxygen atoms in total. The first-order valence-electron chi connectivity index (χ1n) is 25.7. The van der Waals surface area contributed by atoms with Gasteiger partial charge < -0.3 is 24.1 Å². The standard InChI is InChI=1S/C25H24ClN3O3.C21H16ClN3O3.C17H18Cl2N2O2/c1-16-20(13-19-10-5-6-11-21(19)26)23(29-22(28-16)24(30)32-25(2,3)4)31-15-18-9-7-8-17(12-18)14-27;1-13-17(10-16-7-2-3-8-18(16)22)20(25-19(24-13)21(26)27)28-12-15-6-4-5-14(9-15)11-23;1-10-12(9-11-7-5-6-8-13(11)18)14(19)21-15(20-10)16(22)23-17(2,3)4/h5-12H,13,15H2,1-4H3;2-9H,10,12H2,1H3,(H,26,27);5-8H,9H2,1-4H3. The quantitative estimate of drug-likeness (QED) is 0.0742. The summed E-state index contributed by atoms with van der Waals surface area (Å²) < 4.78 is 22.6. The Morgan fingerprint density at radius 1 is 0.482 bits per heavy atom. The van der Waals surface area contributed by atoms with Crippen molar-refractivity contribution < 1.29 is 38.4 Å². The van der Waals surface area contributed by atoms with Crippen LogP contribution in [0.1, 0.15) is 146 Å². The second kappa shape index (κ2) is 29.0.